The zero-order valence-corrected chi connectivity index (χ0v) is 11.0. The van der Waals surface area contributed by atoms with Crippen molar-refractivity contribution < 1.29 is 22.6 Å². The molecule has 108 valence electrons. The fraction of sp³-hybridized carbons (Fsp3) is 0.538. The Labute approximate surface area is 110 Å². The van der Waals surface area contributed by atoms with Gasteiger partial charge in [-0.3, -0.25) is 0 Å². The van der Waals surface area contributed by atoms with E-state index in [1.807, 2.05) is 18.2 Å². The summed E-state index contributed by atoms with van der Waals surface area (Å²) in [4.78, 5) is 0. The van der Waals surface area contributed by atoms with Crippen molar-refractivity contribution in [1.82, 2.24) is 5.32 Å². The summed E-state index contributed by atoms with van der Waals surface area (Å²) in [5.74, 6) is 0.621. The van der Waals surface area contributed by atoms with Crippen LogP contribution in [0.2, 0.25) is 0 Å². The molecule has 0 bridgehead atoms. The van der Waals surface area contributed by atoms with Crippen molar-refractivity contribution in [3.05, 3.63) is 29.8 Å². The van der Waals surface area contributed by atoms with Gasteiger partial charge >= 0.3 is 6.18 Å². The third-order valence-corrected chi connectivity index (χ3v) is 2.30. The largest absolute Gasteiger partial charge is 0.489 e. The Kier molecular flexibility index (Phi) is 6.11. The van der Waals surface area contributed by atoms with Crippen LogP contribution in [0, 0.1) is 0 Å². The number of hydrogen-bond acceptors (Lipinski definition) is 3. The van der Waals surface area contributed by atoms with E-state index in [1.165, 1.54) is 0 Å². The van der Waals surface area contributed by atoms with Gasteiger partial charge in [0.05, 0.1) is 13.2 Å². The number of rotatable bonds is 7. The lowest BCUT2D eigenvalue weighted by Gasteiger charge is -2.16. The SMILES string of the molecule is COCc1cccc(OC(C)CNCC(F)(F)F)c1. The van der Waals surface area contributed by atoms with Gasteiger partial charge in [0, 0.05) is 13.7 Å². The van der Waals surface area contributed by atoms with Crippen LogP contribution in [0.5, 0.6) is 5.75 Å². The van der Waals surface area contributed by atoms with Crippen LogP contribution in [0.1, 0.15) is 12.5 Å². The maximum Gasteiger partial charge on any atom is 0.401 e. The van der Waals surface area contributed by atoms with Crippen molar-refractivity contribution in [2.45, 2.75) is 25.8 Å². The second-order valence-corrected chi connectivity index (χ2v) is 4.25. The maximum absolute atomic E-state index is 12.0. The molecule has 0 amide bonds. The summed E-state index contributed by atoms with van der Waals surface area (Å²) in [6.07, 6.45) is -4.54. The maximum atomic E-state index is 12.0. The molecule has 19 heavy (non-hydrogen) atoms. The fourth-order valence-corrected chi connectivity index (χ4v) is 1.57. The highest BCUT2D eigenvalue weighted by Gasteiger charge is 2.26. The van der Waals surface area contributed by atoms with E-state index in [0.717, 1.165) is 5.56 Å². The van der Waals surface area contributed by atoms with E-state index < -0.39 is 12.7 Å². The van der Waals surface area contributed by atoms with Crippen molar-refractivity contribution >= 4 is 0 Å². The van der Waals surface area contributed by atoms with Crippen LogP contribution in [-0.2, 0) is 11.3 Å². The van der Waals surface area contributed by atoms with Crippen LogP contribution in [0.15, 0.2) is 24.3 Å². The van der Waals surface area contributed by atoms with E-state index in [-0.39, 0.29) is 12.6 Å². The highest BCUT2D eigenvalue weighted by atomic mass is 19.4. The standard InChI is InChI=1S/C13H18F3NO2/c1-10(7-17-9-13(14,15)16)19-12-5-3-4-11(6-12)8-18-2/h3-6,10,17H,7-9H2,1-2H3. The Balaban J connectivity index is 2.39. The van der Waals surface area contributed by atoms with Gasteiger partial charge in [-0.05, 0) is 24.6 Å². The van der Waals surface area contributed by atoms with E-state index >= 15 is 0 Å². The lowest BCUT2D eigenvalue weighted by Crippen LogP contribution is -2.35. The zero-order valence-electron chi connectivity index (χ0n) is 11.0. The summed E-state index contributed by atoms with van der Waals surface area (Å²) in [5, 5.41) is 2.31. The summed E-state index contributed by atoms with van der Waals surface area (Å²) in [7, 11) is 1.59. The number of benzene rings is 1. The number of methoxy groups -OCH3 is 1. The summed E-state index contributed by atoms with van der Waals surface area (Å²) < 4.78 is 46.4. The van der Waals surface area contributed by atoms with Gasteiger partial charge in [0.25, 0.3) is 0 Å². The predicted molar refractivity (Wildman–Crippen MR) is 66.2 cm³/mol. The van der Waals surface area contributed by atoms with E-state index in [9.17, 15) is 13.2 Å². The van der Waals surface area contributed by atoms with Crippen molar-refractivity contribution in [3.8, 4) is 5.75 Å². The third-order valence-electron chi connectivity index (χ3n) is 2.30. The molecule has 0 aliphatic heterocycles. The molecule has 6 heteroatoms. The van der Waals surface area contributed by atoms with Crippen molar-refractivity contribution in [1.29, 1.82) is 0 Å². The molecule has 0 saturated heterocycles. The van der Waals surface area contributed by atoms with Gasteiger partial charge in [0.2, 0.25) is 0 Å². The fourth-order valence-electron chi connectivity index (χ4n) is 1.57. The Morgan fingerprint density at radius 2 is 2.05 bits per heavy atom. The smallest absolute Gasteiger partial charge is 0.401 e. The van der Waals surface area contributed by atoms with Crippen LogP contribution < -0.4 is 10.1 Å². The molecular formula is C13H18F3NO2. The summed E-state index contributed by atoms with van der Waals surface area (Å²) >= 11 is 0. The second-order valence-electron chi connectivity index (χ2n) is 4.25. The van der Waals surface area contributed by atoms with Crippen LogP contribution >= 0.6 is 0 Å². The number of hydrogen-bond donors (Lipinski definition) is 1. The molecule has 1 N–H and O–H groups in total. The first-order valence-electron chi connectivity index (χ1n) is 5.92. The van der Waals surface area contributed by atoms with Crippen LogP contribution in [0.4, 0.5) is 13.2 Å². The molecule has 3 nitrogen and oxygen atoms in total. The van der Waals surface area contributed by atoms with Crippen molar-refractivity contribution in [2.75, 3.05) is 20.2 Å². The zero-order chi connectivity index (χ0) is 14.3. The molecule has 1 unspecified atom stereocenters. The van der Waals surface area contributed by atoms with E-state index in [4.69, 9.17) is 9.47 Å². The number of nitrogens with one attached hydrogen (secondary N) is 1. The van der Waals surface area contributed by atoms with Gasteiger partial charge in [0.1, 0.15) is 11.9 Å². The van der Waals surface area contributed by atoms with Crippen molar-refractivity contribution in [2.24, 2.45) is 0 Å². The Hall–Kier alpha value is -1.27. The van der Waals surface area contributed by atoms with E-state index in [0.29, 0.717) is 12.4 Å². The molecule has 1 atom stereocenters. The van der Waals surface area contributed by atoms with Gasteiger partial charge in [-0.1, -0.05) is 12.1 Å². The molecule has 0 radical (unpaired) electrons. The first-order chi connectivity index (χ1) is 8.90. The number of halogens is 3. The number of ether oxygens (including phenoxy) is 2. The Morgan fingerprint density at radius 3 is 2.68 bits per heavy atom. The first kappa shape index (κ1) is 15.8. The molecular weight excluding hydrogens is 259 g/mol. The quantitative estimate of drug-likeness (QED) is 0.831. The molecule has 0 aromatic heterocycles. The highest BCUT2D eigenvalue weighted by molar-refractivity contribution is 5.28. The molecule has 0 fully saturated rings. The van der Waals surface area contributed by atoms with Gasteiger partial charge in [0.15, 0.2) is 0 Å². The molecule has 0 spiro atoms. The molecule has 0 aliphatic rings. The lowest BCUT2D eigenvalue weighted by atomic mass is 10.2. The van der Waals surface area contributed by atoms with E-state index in [2.05, 4.69) is 5.32 Å². The van der Waals surface area contributed by atoms with Gasteiger partial charge in [-0.2, -0.15) is 13.2 Å². The Bertz CT molecular complexity index is 382. The molecule has 0 saturated carbocycles. The molecule has 1 aromatic carbocycles. The summed E-state index contributed by atoms with van der Waals surface area (Å²) in [6.45, 7) is 1.31. The number of alkyl halides is 3. The average molecular weight is 277 g/mol. The van der Waals surface area contributed by atoms with Gasteiger partial charge in [-0.15, -0.1) is 0 Å². The summed E-state index contributed by atoms with van der Waals surface area (Å²) in [5.41, 5.74) is 0.954. The predicted octanol–water partition coefficient (Wildman–Crippen LogP) is 2.75. The molecule has 1 rings (SSSR count). The Morgan fingerprint density at radius 1 is 1.32 bits per heavy atom. The lowest BCUT2D eigenvalue weighted by molar-refractivity contribution is -0.125. The molecule has 1 aromatic rings. The normalized spacial score (nSPS) is 13.3. The minimum atomic E-state index is -4.20. The molecule has 0 heterocycles. The minimum Gasteiger partial charge on any atom is -0.489 e. The minimum absolute atomic E-state index is 0.133. The molecule has 0 aliphatic carbocycles. The second kappa shape index (κ2) is 7.35. The first-order valence-corrected chi connectivity index (χ1v) is 5.92. The van der Waals surface area contributed by atoms with Gasteiger partial charge < -0.3 is 14.8 Å². The van der Waals surface area contributed by atoms with E-state index in [1.54, 1.807) is 20.1 Å². The van der Waals surface area contributed by atoms with Crippen molar-refractivity contribution in [3.63, 3.8) is 0 Å². The van der Waals surface area contributed by atoms with Crippen LogP contribution in [0.25, 0.3) is 0 Å². The monoisotopic (exact) mass is 277 g/mol. The third kappa shape index (κ3) is 7.03. The van der Waals surface area contributed by atoms with Gasteiger partial charge in [-0.25, -0.2) is 0 Å². The topological polar surface area (TPSA) is 30.5 Å². The average Bonchev–Trinajstić information content (AvgIpc) is 2.28. The summed E-state index contributed by atoms with van der Waals surface area (Å²) in [6, 6.07) is 7.28. The van der Waals surface area contributed by atoms with Crippen LogP contribution in [0.3, 0.4) is 0 Å². The van der Waals surface area contributed by atoms with Crippen LogP contribution in [-0.4, -0.2) is 32.5 Å². The highest BCUT2D eigenvalue weighted by Crippen LogP contribution is 2.16.